The Balaban J connectivity index is 2.10. The van der Waals surface area contributed by atoms with Gasteiger partial charge in [-0.2, -0.15) is 0 Å². The molecule has 1 amide bonds. The highest BCUT2D eigenvalue weighted by atomic mass is 16.6. The molecule has 0 spiro atoms. The average Bonchev–Trinajstić information content (AvgIpc) is 2.55. The van der Waals surface area contributed by atoms with E-state index in [0.717, 1.165) is 5.56 Å². The number of amides is 1. The lowest BCUT2D eigenvalue weighted by Gasteiger charge is -2.24. The standard InChI is InChI=1S/C18H21NO4/c1-13(11-12-20)17(14-7-9-16(21)10-8-14)23-18(22)19-15-5-3-2-4-6-15/h2-10,13,17,20-21H,11-12H2,1H3,(H,19,22)/t13-,17-/m0/s1. The third-order valence-electron chi connectivity index (χ3n) is 3.58. The van der Waals surface area contributed by atoms with Crippen LogP contribution in [0.5, 0.6) is 5.75 Å². The molecule has 2 aromatic rings. The fourth-order valence-electron chi connectivity index (χ4n) is 2.32. The Kier molecular flexibility index (Phi) is 6.00. The molecule has 0 saturated heterocycles. The van der Waals surface area contributed by atoms with E-state index in [1.165, 1.54) is 0 Å². The van der Waals surface area contributed by atoms with Gasteiger partial charge in [0.25, 0.3) is 0 Å². The zero-order chi connectivity index (χ0) is 16.7. The lowest BCUT2D eigenvalue weighted by molar-refractivity contribution is 0.0667. The average molecular weight is 315 g/mol. The number of hydrogen-bond donors (Lipinski definition) is 3. The van der Waals surface area contributed by atoms with Gasteiger partial charge in [-0.3, -0.25) is 5.32 Å². The molecule has 5 nitrogen and oxygen atoms in total. The zero-order valence-electron chi connectivity index (χ0n) is 13.0. The van der Waals surface area contributed by atoms with Crippen molar-refractivity contribution >= 4 is 11.8 Å². The first kappa shape index (κ1) is 16.8. The number of rotatable bonds is 6. The van der Waals surface area contributed by atoms with Gasteiger partial charge < -0.3 is 14.9 Å². The topological polar surface area (TPSA) is 78.8 Å². The fraction of sp³-hybridized carbons (Fsp3) is 0.278. The number of benzene rings is 2. The van der Waals surface area contributed by atoms with Gasteiger partial charge in [0.1, 0.15) is 11.9 Å². The second-order valence-corrected chi connectivity index (χ2v) is 5.40. The van der Waals surface area contributed by atoms with Crippen molar-refractivity contribution in [1.82, 2.24) is 0 Å². The number of para-hydroxylation sites is 1. The maximum Gasteiger partial charge on any atom is 0.412 e. The van der Waals surface area contributed by atoms with Gasteiger partial charge in [-0.25, -0.2) is 4.79 Å². The molecule has 2 atom stereocenters. The molecule has 122 valence electrons. The molecule has 0 aromatic heterocycles. The summed E-state index contributed by atoms with van der Waals surface area (Å²) in [6.07, 6.45) is -0.560. The lowest BCUT2D eigenvalue weighted by atomic mass is 9.94. The van der Waals surface area contributed by atoms with Gasteiger partial charge in [0, 0.05) is 12.3 Å². The maximum absolute atomic E-state index is 12.1. The minimum absolute atomic E-state index is 0.0133. The molecule has 5 heteroatoms. The first-order valence-electron chi connectivity index (χ1n) is 7.52. The monoisotopic (exact) mass is 315 g/mol. The van der Waals surface area contributed by atoms with Gasteiger partial charge in [0.05, 0.1) is 0 Å². The number of aliphatic hydroxyl groups excluding tert-OH is 1. The molecule has 0 aliphatic heterocycles. The number of aliphatic hydroxyl groups is 1. The Morgan fingerprint density at radius 1 is 1.13 bits per heavy atom. The Labute approximate surface area is 135 Å². The number of phenols is 1. The molecule has 2 aromatic carbocycles. The van der Waals surface area contributed by atoms with Crippen LogP contribution >= 0.6 is 0 Å². The normalized spacial score (nSPS) is 13.1. The smallest absolute Gasteiger partial charge is 0.412 e. The molecule has 0 unspecified atom stereocenters. The molecule has 0 aliphatic rings. The highest BCUT2D eigenvalue weighted by Gasteiger charge is 2.23. The van der Waals surface area contributed by atoms with Crippen molar-refractivity contribution in [3.05, 3.63) is 60.2 Å². The molecule has 0 saturated carbocycles. The zero-order valence-corrected chi connectivity index (χ0v) is 13.0. The second-order valence-electron chi connectivity index (χ2n) is 5.40. The number of ether oxygens (including phenoxy) is 1. The van der Waals surface area contributed by atoms with Crippen LogP contribution in [-0.4, -0.2) is 22.9 Å². The Morgan fingerprint density at radius 3 is 2.39 bits per heavy atom. The van der Waals surface area contributed by atoms with E-state index in [1.54, 1.807) is 36.4 Å². The van der Waals surface area contributed by atoms with Crippen LogP contribution in [0.3, 0.4) is 0 Å². The molecular weight excluding hydrogens is 294 g/mol. The predicted molar refractivity (Wildman–Crippen MR) is 88.3 cm³/mol. The lowest BCUT2D eigenvalue weighted by Crippen LogP contribution is -2.22. The third kappa shape index (κ3) is 5.00. The van der Waals surface area contributed by atoms with Crippen molar-refractivity contribution < 1.29 is 19.7 Å². The van der Waals surface area contributed by atoms with Crippen LogP contribution in [0, 0.1) is 5.92 Å². The molecule has 3 N–H and O–H groups in total. The van der Waals surface area contributed by atoms with Gasteiger partial charge in [-0.15, -0.1) is 0 Å². The summed E-state index contributed by atoms with van der Waals surface area (Å²) in [7, 11) is 0. The summed E-state index contributed by atoms with van der Waals surface area (Å²) in [6, 6.07) is 15.6. The van der Waals surface area contributed by atoms with E-state index in [2.05, 4.69) is 5.32 Å². The summed E-state index contributed by atoms with van der Waals surface area (Å²) >= 11 is 0. The van der Waals surface area contributed by atoms with E-state index in [1.807, 2.05) is 25.1 Å². The minimum Gasteiger partial charge on any atom is -0.508 e. The SMILES string of the molecule is C[C@@H](CCO)[C@H](OC(=O)Nc1ccccc1)c1ccc(O)cc1. The first-order chi connectivity index (χ1) is 11.1. The van der Waals surface area contributed by atoms with E-state index >= 15 is 0 Å². The van der Waals surface area contributed by atoms with Gasteiger partial charge in [-0.1, -0.05) is 37.3 Å². The van der Waals surface area contributed by atoms with E-state index in [-0.39, 0.29) is 18.3 Å². The van der Waals surface area contributed by atoms with Gasteiger partial charge in [0.15, 0.2) is 0 Å². The molecule has 0 fully saturated rings. The van der Waals surface area contributed by atoms with Crippen LogP contribution in [0.15, 0.2) is 54.6 Å². The molecule has 0 bridgehead atoms. The minimum atomic E-state index is -0.556. The number of anilines is 1. The Hall–Kier alpha value is -2.53. The highest BCUT2D eigenvalue weighted by Crippen LogP contribution is 2.29. The largest absolute Gasteiger partial charge is 0.508 e. The summed E-state index contributed by atoms with van der Waals surface area (Å²) in [5.74, 6) is 0.0853. The summed E-state index contributed by atoms with van der Waals surface area (Å²) < 4.78 is 5.55. The number of carbonyl (C=O) groups excluding carboxylic acids is 1. The number of aromatic hydroxyl groups is 1. The van der Waals surface area contributed by atoms with Crippen molar-refractivity contribution in [2.75, 3.05) is 11.9 Å². The molecule has 0 radical (unpaired) electrons. The fourth-order valence-corrected chi connectivity index (χ4v) is 2.32. The van der Waals surface area contributed by atoms with Crippen LogP contribution in [0.2, 0.25) is 0 Å². The quantitative estimate of drug-likeness (QED) is 0.759. The van der Waals surface area contributed by atoms with Gasteiger partial charge in [0.2, 0.25) is 0 Å². The first-order valence-corrected chi connectivity index (χ1v) is 7.52. The van der Waals surface area contributed by atoms with Crippen LogP contribution in [0.1, 0.15) is 25.0 Å². The number of carbonyl (C=O) groups is 1. The summed E-state index contributed by atoms with van der Waals surface area (Å²) in [5.41, 5.74) is 1.42. The molecular formula is C18H21NO4. The number of phenolic OH excluding ortho intramolecular Hbond substituents is 1. The van der Waals surface area contributed by atoms with Gasteiger partial charge >= 0.3 is 6.09 Å². The van der Waals surface area contributed by atoms with Crippen molar-refractivity contribution in [2.24, 2.45) is 5.92 Å². The predicted octanol–water partition coefficient (Wildman–Crippen LogP) is 3.70. The molecule has 0 heterocycles. The van der Waals surface area contributed by atoms with E-state index in [9.17, 15) is 9.90 Å². The van der Waals surface area contributed by atoms with Gasteiger partial charge in [-0.05, 0) is 42.2 Å². The van der Waals surface area contributed by atoms with E-state index in [4.69, 9.17) is 9.84 Å². The second kappa shape index (κ2) is 8.19. The van der Waals surface area contributed by atoms with Crippen molar-refractivity contribution in [3.63, 3.8) is 0 Å². The maximum atomic E-state index is 12.1. The Morgan fingerprint density at radius 2 is 1.78 bits per heavy atom. The van der Waals surface area contributed by atoms with Crippen molar-refractivity contribution in [2.45, 2.75) is 19.4 Å². The van der Waals surface area contributed by atoms with Crippen molar-refractivity contribution in [1.29, 1.82) is 0 Å². The molecule has 2 rings (SSSR count). The summed E-state index contributed by atoms with van der Waals surface area (Å²) in [5, 5.41) is 21.2. The van der Waals surface area contributed by atoms with Crippen LogP contribution < -0.4 is 5.32 Å². The van der Waals surface area contributed by atoms with Crippen molar-refractivity contribution in [3.8, 4) is 5.75 Å². The van der Waals surface area contributed by atoms with E-state index < -0.39 is 12.2 Å². The van der Waals surface area contributed by atoms with Crippen LogP contribution in [-0.2, 0) is 4.74 Å². The van der Waals surface area contributed by atoms with Crippen LogP contribution in [0.25, 0.3) is 0 Å². The summed E-state index contributed by atoms with van der Waals surface area (Å²) in [6.45, 7) is 1.92. The summed E-state index contributed by atoms with van der Waals surface area (Å²) in [4.78, 5) is 12.1. The third-order valence-corrected chi connectivity index (χ3v) is 3.58. The molecule has 0 aliphatic carbocycles. The molecule has 23 heavy (non-hydrogen) atoms. The van der Waals surface area contributed by atoms with E-state index in [0.29, 0.717) is 12.1 Å². The number of hydrogen-bond acceptors (Lipinski definition) is 4. The Bertz CT molecular complexity index is 613. The van der Waals surface area contributed by atoms with Crippen LogP contribution in [0.4, 0.5) is 10.5 Å². The number of nitrogens with one attached hydrogen (secondary N) is 1. The highest BCUT2D eigenvalue weighted by molar-refractivity contribution is 5.84.